The summed E-state index contributed by atoms with van der Waals surface area (Å²) in [5.41, 5.74) is 5.55. The average molecular weight is 340 g/mol. The molecule has 2 rings (SSSR count). The van der Waals surface area contributed by atoms with Crippen molar-refractivity contribution in [1.29, 1.82) is 0 Å². The smallest absolute Gasteiger partial charge is 0.267 e. The van der Waals surface area contributed by atoms with Crippen molar-refractivity contribution >= 4 is 21.4 Å². The van der Waals surface area contributed by atoms with Gasteiger partial charge in [0, 0.05) is 13.1 Å². The molecule has 0 saturated carbocycles. The maximum Gasteiger partial charge on any atom is 0.267 e. The fraction of sp³-hybridized carbons (Fsp3) is 0.200. The first-order valence-electron chi connectivity index (χ1n) is 6.58. The number of nitrogens with two attached hydrogens (primary N) is 1. The number of hydrogen-bond donors (Lipinski definition) is 1. The molecule has 0 aliphatic carbocycles. The van der Waals surface area contributed by atoms with Crippen molar-refractivity contribution < 1.29 is 22.3 Å². The van der Waals surface area contributed by atoms with Gasteiger partial charge in [0.05, 0.1) is 25.6 Å². The van der Waals surface area contributed by atoms with Crippen LogP contribution in [0.5, 0.6) is 11.5 Å². The zero-order valence-electron chi connectivity index (χ0n) is 12.9. The highest BCUT2D eigenvalue weighted by atomic mass is 32.2. The lowest BCUT2D eigenvalue weighted by molar-refractivity contribution is 0.399. The highest BCUT2D eigenvalue weighted by Crippen LogP contribution is 2.35. The Hall–Kier alpha value is -2.48. The van der Waals surface area contributed by atoms with E-state index >= 15 is 0 Å². The Kier molecular flexibility index (Phi) is 4.65. The van der Waals surface area contributed by atoms with Crippen LogP contribution in [0.25, 0.3) is 0 Å². The molecule has 2 aromatic carbocycles. The van der Waals surface area contributed by atoms with E-state index in [4.69, 9.17) is 15.2 Å². The highest BCUT2D eigenvalue weighted by Gasteiger charge is 2.28. The second-order valence-electron chi connectivity index (χ2n) is 4.67. The first kappa shape index (κ1) is 16.9. The molecule has 0 atom stereocenters. The van der Waals surface area contributed by atoms with Gasteiger partial charge in [0.1, 0.15) is 22.2 Å². The molecule has 0 spiro atoms. The summed E-state index contributed by atoms with van der Waals surface area (Å²) in [5.74, 6) is -0.494. The summed E-state index contributed by atoms with van der Waals surface area (Å²) >= 11 is 0. The van der Waals surface area contributed by atoms with Crippen LogP contribution in [0.3, 0.4) is 0 Å². The van der Waals surface area contributed by atoms with Gasteiger partial charge in [-0.05, 0) is 18.2 Å². The van der Waals surface area contributed by atoms with Gasteiger partial charge in [-0.15, -0.1) is 0 Å². The Morgan fingerprint density at radius 2 is 1.70 bits per heavy atom. The van der Waals surface area contributed by atoms with E-state index in [0.717, 1.165) is 16.4 Å². The van der Waals surface area contributed by atoms with Crippen LogP contribution >= 0.6 is 0 Å². The second kappa shape index (κ2) is 6.33. The van der Waals surface area contributed by atoms with Crippen molar-refractivity contribution in [2.24, 2.45) is 0 Å². The van der Waals surface area contributed by atoms with E-state index in [1.807, 2.05) is 0 Å². The lowest BCUT2D eigenvalue weighted by Gasteiger charge is -2.22. The Bertz CT molecular complexity index is 824. The predicted molar refractivity (Wildman–Crippen MR) is 85.9 cm³/mol. The van der Waals surface area contributed by atoms with E-state index in [1.54, 1.807) is 24.3 Å². The number of anilines is 2. The minimum atomic E-state index is -4.02. The van der Waals surface area contributed by atoms with Crippen LogP contribution in [0.2, 0.25) is 0 Å². The highest BCUT2D eigenvalue weighted by molar-refractivity contribution is 7.93. The minimum Gasteiger partial charge on any atom is -0.495 e. The summed E-state index contributed by atoms with van der Waals surface area (Å²) in [6.07, 6.45) is 0. The van der Waals surface area contributed by atoms with Crippen molar-refractivity contribution in [3.8, 4) is 11.5 Å². The lowest BCUT2D eigenvalue weighted by Crippen LogP contribution is -2.27. The average Bonchev–Trinajstić information content (AvgIpc) is 2.55. The fourth-order valence-corrected chi connectivity index (χ4v) is 3.46. The van der Waals surface area contributed by atoms with E-state index in [0.29, 0.717) is 11.4 Å². The Morgan fingerprint density at radius 1 is 1.09 bits per heavy atom. The van der Waals surface area contributed by atoms with Crippen molar-refractivity contribution in [3.63, 3.8) is 0 Å². The van der Waals surface area contributed by atoms with Gasteiger partial charge in [-0.3, -0.25) is 4.31 Å². The third-order valence-corrected chi connectivity index (χ3v) is 5.14. The molecular formula is C15H17FN2O4S. The van der Waals surface area contributed by atoms with Gasteiger partial charge < -0.3 is 15.2 Å². The standard InChI is InChI=1S/C15H17FN2O4S/c1-18(12-6-4-5-7-13(12)21-2)23(19,20)15-9-11(17)10(16)8-14(15)22-3/h4-9H,17H2,1-3H3. The number of nitrogen functional groups attached to an aromatic ring is 1. The zero-order valence-corrected chi connectivity index (χ0v) is 13.7. The topological polar surface area (TPSA) is 81.9 Å². The van der Waals surface area contributed by atoms with E-state index in [9.17, 15) is 12.8 Å². The molecule has 124 valence electrons. The van der Waals surface area contributed by atoms with Gasteiger partial charge in [0.2, 0.25) is 0 Å². The summed E-state index contributed by atoms with van der Waals surface area (Å²) in [6.45, 7) is 0. The molecule has 0 amide bonds. The Morgan fingerprint density at radius 3 is 2.30 bits per heavy atom. The molecule has 2 N–H and O–H groups in total. The molecule has 6 nitrogen and oxygen atoms in total. The van der Waals surface area contributed by atoms with Crippen molar-refractivity contribution in [3.05, 3.63) is 42.2 Å². The fourth-order valence-electron chi connectivity index (χ4n) is 2.08. The SMILES string of the molecule is COc1ccccc1N(C)S(=O)(=O)c1cc(N)c(F)cc1OC. The molecule has 0 unspecified atom stereocenters. The number of methoxy groups -OCH3 is 2. The Balaban J connectivity index is 2.60. The van der Waals surface area contributed by atoms with Gasteiger partial charge in [-0.25, -0.2) is 12.8 Å². The number of benzene rings is 2. The molecule has 23 heavy (non-hydrogen) atoms. The molecule has 0 aromatic heterocycles. The quantitative estimate of drug-likeness (QED) is 0.844. The maximum absolute atomic E-state index is 13.5. The third kappa shape index (κ3) is 3.02. The summed E-state index contributed by atoms with van der Waals surface area (Å²) in [4.78, 5) is -0.229. The molecule has 2 aromatic rings. The molecule has 0 fully saturated rings. The number of nitrogens with zero attached hydrogens (tertiary/aromatic N) is 1. The second-order valence-corrected chi connectivity index (χ2v) is 6.61. The first-order valence-corrected chi connectivity index (χ1v) is 8.02. The third-order valence-electron chi connectivity index (χ3n) is 3.35. The van der Waals surface area contributed by atoms with E-state index < -0.39 is 15.8 Å². The number of rotatable bonds is 5. The molecule has 8 heteroatoms. The van der Waals surface area contributed by atoms with Crippen LogP contribution in [-0.4, -0.2) is 29.7 Å². The van der Waals surface area contributed by atoms with E-state index in [-0.39, 0.29) is 16.3 Å². The van der Waals surface area contributed by atoms with Crippen LogP contribution < -0.4 is 19.5 Å². The molecule has 0 aliphatic rings. The van der Waals surface area contributed by atoms with Gasteiger partial charge in [0.25, 0.3) is 10.0 Å². The summed E-state index contributed by atoms with van der Waals surface area (Å²) in [5, 5.41) is 0. The van der Waals surface area contributed by atoms with Gasteiger partial charge in [-0.1, -0.05) is 12.1 Å². The van der Waals surface area contributed by atoms with Crippen LogP contribution in [0.4, 0.5) is 15.8 Å². The van der Waals surface area contributed by atoms with Crippen LogP contribution in [0, 0.1) is 5.82 Å². The largest absolute Gasteiger partial charge is 0.495 e. The number of ether oxygens (including phenoxy) is 2. The molecular weight excluding hydrogens is 323 g/mol. The summed E-state index contributed by atoms with van der Waals surface area (Å²) in [6, 6.07) is 8.61. The van der Waals surface area contributed by atoms with Crippen LogP contribution in [0.15, 0.2) is 41.3 Å². The molecule has 0 heterocycles. The van der Waals surface area contributed by atoms with Crippen molar-refractivity contribution in [1.82, 2.24) is 0 Å². The number of hydrogen-bond acceptors (Lipinski definition) is 5. The summed E-state index contributed by atoms with van der Waals surface area (Å²) < 4.78 is 50.4. The molecule has 0 saturated heterocycles. The first-order chi connectivity index (χ1) is 10.8. The maximum atomic E-state index is 13.5. The Labute approximate surface area is 134 Å². The molecule has 0 radical (unpaired) electrons. The minimum absolute atomic E-state index is 0.126. The van der Waals surface area contributed by atoms with Crippen molar-refractivity contribution in [2.75, 3.05) is 31.3 Å². The normalized spacial score (nSPS) is 11.1. The molecule has 0 bridgehead atoms. The molecule has 0 aliphatic heterocycles. The predicted octanol–water partition coefficient (Wildman–Crippen LogP) is 2.25. The number of sulfonamides is 1. The van der Waals surface area contributed by atoms with Crippen molar-refractivity contribution in [2.45, 2.75) is 4.90 Å². The van der Waals surface area contributed by atoms with Gasteiger partial charge in [0.15, 0.2) is 0 Å². The van der Waals surface area contributed by atoms with E-state index in [1.165, 1.54) is 21.3 Å². The van der Waals surface area contributed by atoms with Crippen LogP contribution in [-0.2, 0) is 10.0 Å². The number of para-hydroxylation sites is 2. The summed E-state index contributed by atoms with van der Waals surface area (Å²) in [7, 11) is 0.0395. The van der Waals surface area contributed by atoms with Gasteiger partial charge in [-0.2, -0.15) is 0 Å². The lowest BCUT2D eigenvalue weighted by atomic mass is 10.3. The monoisotopic (exact) mass is 340 g/mol. The van der Waals surface area contributed by atoms with E-state index in [2.05, 4.69) is 0 Å². The van der Waals surface area contributed by atoms with Gasteiger partial charge >= 0.3 is 0 Å². The number of halogens is 1. The zero-order chi connectivity index (χ0) is 17.2. The van der Waals surface area contributed by atoms with Crippen LogP contribution in [0.1, 0.15) is 0 Å².